The van der Waals surface area contributed by atoms with E-state index in [2.05, 4.69) is 5.32 Å². The Labute approximate surface area is 112 Å². The van der Waals surface area contributed by atoms with Crippen LogP contribution < -0.4 is 11.1 Å². The van der Waals surface area contributed by atoms with Gasteiger partial charge in [-0.05, 0) is 23.6 Å². The molecule has 1 aromatic rings. The van der Waals surface area contributed by atoms with Gasteiger partial charge >= 0.3 is 0 Å². The summed E-state index contributed by atoms with van der Waals surface area (Å²) in [6, 6.07) is 2.86. The Kier molecular flexibility index (Phi) is 5.00. The van der Waals surface area contributed by atoms with Crippen LogP contribution in [0.5, 0.6) is 0 Å². The van der Waals surface area contributed by atoms with E-state index in [1.807, 2.05) is 20.8 Å². The first-order chi connectivity index (χ1) is 8.70. The van der Waals surface area contributed by atoms with E-state index in [-0.39, 0.29) is 35.9 Å². The average molecular weight is 270 g/mol. The van der Waals surface area contributed by atoms with E-state index in [0.29, 0.717) is 0 Å². The lowest BCUT2D eigenvalue weighted by molar-refractivity contribution is -0.122. The zero-order chi connectivity index (χ0) is 14.6. The molecule has 1 unspecified atom stereocenters. The molecule has 106 valence electrons. The third-order valence-corrected chi connectivity index (χ3v) is 3.00. The molecule has 0 saturated carbocycles. The Morgan fingerprint density at radius 1 is 1.37 bits per heavy atom. The summed E-state index contributed by atoms with van der Waals surface area (Å²) in [5, 5.41) is 2.54. The van der Waals surface area contributed by atoms with Gasteiger partial charge in [-0.25, -0.2) is 8.78 Å². The Morgan fingerprint density at radius 3 is 2.58 bits per heavy atom. The summed E-state index contributed by atoms with van der Waals surface area (Å²) >= 11 is 0. The predicted molar refractivity (Wildman–Crippen MR) is 70.3 cm³/mol. The van der Waals surface area contributed by atoms with Crippen LogP contribution in [0.15, 0.2) is 18.2 Å². The summed E-state index contributed by atoms with van der Waals surface area (Å²) in [7, 11) is 0. The maximum atomic E-state index is 13.3. The number of nitrogens with one attached hydrogen (secondary N) is 1. The predicted octanol–water partition coefficient (Wildman–Crippen LogP) is 2.34. The highest BCUT2D eigenvalue weighted by atomic mass is 19.1. The molecule has 0 aliphatic heterocycles. The van der Waals surface area contributed by atoms with Crippen LogP contribution in [0.3, 0.4) is 0 Å². The number of hydrogen-bond donors (Lipinski definition) is 2. The van der Waals surface area contributed by atoms with Crippen LogP contribution in [0.1, 0.15) is 32.8 Å². The number of rotatable bonds is 4. The minimum absolute atomic E-state index is 0.0424. The van der Waals surface area contributed by atoms with Gasteiger partial charge in [0.2, 0.25) is 5.91 Å². The second-order valence-corrected chi connectivity index (χ2v) is 5.69. The first-order valence-electron chi connectivity index (χ1n) is 6.16. The molecule has 3 nitrogen and oxygen atoms in total. The van der Waals surface area contributed by atoms with E-state index in [1.165, 1.54) is 0 Å². The lowest BCUT2D eigenvalue weighted by Crippen LogP contribution is -2.40. The van der Waals surface area contributed by atoms with Crippen molar-refractivity contribution >= 4 is 5.91 Å². The quantitative estimate of drug-likeness (QED) is 0.882. The summed E-state index contributed by atoms with van der Waals surface area (Å²) in [4.78, 5) is 11.7. The molecule has 1 atom stereocenters. The highest BCUT2D eigenvalue weighted by molar-refractivity contribution is 5.76. The van der Waals surface area contributed by atoms with E-state index in [0.717, 1.165) is 18.2 Å². The molecule has 0 aliphatic carbocycles. The summed E-state index contributed by atoms with van der Waals surface area (Å²) in [6.45, 7) is 5.78. The summed E-state index contributed by atoms with van der Waals surface area (Å²) in [6.07, 6.45) is 0.153. The number of halogens is 2. The minimum atomic E-state index is -0.540. The summed E-state index contributed by atoms with van der Waals surface area (Å²) in [5.41, 5.74) is 5.82. The zero-order valence-corrected chi connectivity index (χ0v) is 11.5. The standard InChI is InChI=1S/C14H20F2N2O/c1-14(2,3)12(17)7-13(19)18-8-9-6-10(15)4-5-11(9)16/h4-6,12H,7-8,17H2,1-3H3,(H,18,19). The van der Waals surface area contributed by atoms with Gasteiger partial charge in [-0.2, -0.15) is 0 Å². The molecule has 0 aromatic heterocycles. The van der Waals surface area contributed by atoms with Gasteiger partial charge in [0.25, 0.3) is 0 Å². The molecule has 3 N–H and O–H groups in total. The molecular formula is C14H20F2N2O. The normalized spacial score (nSPS) is 13.2. The zero-order valence-electron chi connectivity index (χ0n) is 11.5. The lowest BCUT2D eigenvalue weighted by atomic mass is 9.85. The van der Waals surface area contributed by atoms with Crippen LogP contribution >= 0.6 is 0 Å². The molecule has 0 saturated heterocycles. The fraction of sp³-hybridized carbons (Fsp3) is 0.500. The highest BCUT2D eigenvalue weighted by Crippen LogP contribution is 2.19. The molecule has 1 amide bonds. The third kappa shape index (κ3) is 4.95. The van der Waals surface area contributed by atoms with E-state index in [1.54, 1.807) is 0 Å². The second-order valence-electron chi connectivity index (χ2n) is 5.69. The van der Waals surface area contributed by atoms with Crippen LogP contribution in [0.25, 0.3) is 0 Å². The molecule has 1 aromatic carbocycles. The van der Waals surface area contributed by atoms with Crippen molar-refractivity contribution in [1.29, 1.82) is 0 Å². The van der Waals surface area contributed by atoms with Crippen LogP contribution in [-0.4, -0.2) is 11.9 Å². The van der Waals surface area contributed by atoms with Gasteiger partial charge in [-0.3, -0.25) is 4.79 Å². The van der Waals surface area contributed by atoms with E-state index in [9.17, 15) is 13.6 Å². The molecule has 5 heteroatoms. The fourth-order valence-electron chi connectivity index (χ4n) is 1.45. The van der Waals surface area contributed by atoms with Gasteiger partial charge in [0.1, 0.15) is 11.6 Å². The number of benzene rings is 1. The molecule has 19 heavy (non-hydrogen) atoms. The van der Waals surface area contributed by atoms with E-state index < -0.39 is 11.6 Å². The molecule has 0 spiro atoms. The number of carbonyl (C=O) groups is 1. The van der Waals surface area contributed by atoms with Gasteiger partial charge in [0, 0.05) is 24.6 Å². The van der Waals surface area contributed by atoms with Crippen LogP contribution in [-0.2, 0) is 11.3 Å². The van der Waals surface area contributed by atoms with Gasteiger partial charge in [0.05, 0.1) is 0 Å². The monoisotopic (exact) mass is 270 g/mol. The maximum Gasteiger partial charge on any atom is 0.221 e. The van der Waals surface area contributed by atoms with Crippen molar-refractivity contribution in [3.8, 4) is 0 Å². The van der Waals surface area contributed by atoms with E-state index >= 15 is 0 Å². The smallest absolute Gasteiger partial charge is 0.221 e. The van der Waals surface area contributed by atoms with Crippen molar-refractivity contribution < 1.29 is 13.6 Å². The molecular weight excluding hydrogens is 250 g/mol. The van der Waals surface area contributed by atoms with Crippen molar-refractivity contribution in [3.05, 3.63) is 35.4 Å². The molecule has 0 aliphatic rings. The third-order valence-electron chi connectivity index (χ3n) is 3.00. The van der Waals surface area contributed by atoms with Crippen LogP contribution in [0, 0.1) is 17.0 Å². The fourth-order valence-corrected chi connectivity index (χ4v) is 1.45. The summed E-state index contributed by atoms with van der Waals surface area (Å²) in [5.74, 6) is -1.34. The van der Waals surface area contributed by atoms with Crippen LogP contribution in [0.2, 0.25) is 0 Å². The Hall–Kier alpha value is -1.49. The molecule has 0 fully saturated rings. The number of nitrogens with two attached hydrogens (primary N) is 1. The number of carbonyl (C=O) groups excluding carboxylic acids is 1. The minimum Gasteiger partial charge on any atom is -0.352 e. The molecule has 0 radical (unpaired) electrons. The van der Waals surface area contributed by atoms with Crippen molar-refractivity contribution in [2.45, 2.75) is 39.8 Å². The van der Waals surface area contributed by atoms with Crippen molar-refractivity contribution in [2.24, 2.45) is 11.1 Å². The topological polar surface area (TPSA) is 55.1 Å². The maximum absolute atomic E-state index is 13.3. The largest absolute Gasteiger partial charge is 0.352 e. The van der Waals surface area contributed by atoms with Crippen molar-refractivity contribution in [3.63, 3.8) is 0 Å². The average Bonchev–Trinajstić information content (AvgIpc) is 2.29. The Morgan fingerprint density at radius 2 is 2.00 bits per heavy atom. The van der Waals surface area contributed by atoms with E-state index in [4.69, 9.17) is 5.73 Å². The van der Waals surface area contributed by atoms with Gasteiger partial charge in [0.15, 0.2) is 0 Å². The number of amides is 1. The molecule has 0 heterocycles. The summed E-state index contributed by atoms with van der Waals surface area (Å²) < 4.78 is 26.3. The van der Waals surface area contributed by atoms with Gasteiger partial charge in [-0.1, -0.05) is 20.8 Å². The lowest BCUT2D eigenvalue weighted by Gasteiger charge is -2.26. The van der Waals surface area contributed by atoms with Crippen molar-refractivity contribution in [1.82, 2.24) is 5.32 Å². The van der Waals surface area contributed by atoms with Gasteiger partial charge < -0.3 is 11.1 Å². The van der Waals surface area contributed by atoms with Gasteiger partial charge in [-0.15, -0.1) is 0 Å². The first-order valence-corrected chi connectivity index (χ1v) is 6.16. The van der Waals surface area contributed by atoms with Crippen molar-refractivity contribution in [2.75, 3.05) is 0 Å². The SMILES string of the molecule is CC(C)(C)C(N)CC(=O)NCc1cc(F)ccc1F. The molecule has 1 rings (SSSR count). The highest BCUT2D eigenvalue weighted by Gasteiger charge is 2.23. The second kappa shape index (κ2) is 6.10. The van der Waals surface area contributed by atoms with Crippen LogP contribution in [0.4, 0.5) is 8.78 Å². The molecule has 0 bridgehead atoms. The number of hydrogen-bond acceptors (Lipinski definition) is 2. The first kappa shape index (κ1) is 15.6. The Balaban J connectivity index is 2.53. The Bertz CT molecular complexity index is 455.